The van der Waals surface area contributed by atoms with E-state index in [4.69, 9.17) is 0 Å². The molecule has 2 saturated heterocycles. The Morgan fingerprint density at radius 1 is 1.20 bits per heavy atom. The van der Waals surface area contributed by atoms with Crippen LogP contribution in [-0.4, -0.2) is 70.6 Å². The Bertz CT molecular complexity index is 356. The van der Waals surface area contributed by atoms with Gasteiger partial charge in [-0.3, -0.25) is 9.69 Å². The van der Waals surface area contributed by atoms with Gasteiger partial charge in [0.1, 0.15) is 0 Å². The minimum atomic E-state index is -1.12. The van der Waals surface area contributed by atoms with Gasteiger partial charge < -0.3 is 10.0 Å². The van der Waals surface area contributed by atoms with Gasteiger partial charge in [-0.15, -0.1) is 0 Å². The highest BCUT2D eigenvalue weighted by Gasteiger charge is 2.44. The fourth-order valence-electron chi connectivity index (χ4n) is 3.50. The first kappa shape index (κ1) is 14.7. The smallest absolute Gasteiger partial charge is 0.255 e. The van der Waals surface area contributed by atoms with E-state index in [1.54, 1.807) is 0 Å². The van der Waals surface area contributed by atoms with Gasteiger partial charge in [0.15, 0.2) is 5.60 Å². The molecule has 0 aromatic heterocycles. The third kappa shape index (κ3) is 3.15. The number of hydrogen-bond donors (Lipinski definition) is 1. The molecule has 3 rings (SSSR count). The first-order valence-electron chi connectivity index (χ1n) is 7.99. The Kier molecular flexibility index (Phi) is 4.58. The third-order valence-corrected chi connectivity index (χ3v) is 5.94. The van der Waals surface area contributed by atoms with Crippen molar-refractivity contribution in [3.05, 3.63) is 0 Å². The first-order valence-corrected chi connectivity index (χ1v) is 9.15. The molecule has 1 aliphatic carbocycles. The number of rotatable bonds is 4. The lowest BCUT2D eigenvalue weighted by Gasteiger charge is -2.43. The van der Waals surface area contributed by atoms with Crippen LogP contribution in [0.4, 0.5) is 0 Å². The number of thioether (sulfide) groups is 1. The number of nitrogens with zero attached hydrogens (tertiary/aromatic N) is 2. The van der Waals surface area contributed by atoms with Crippen molar-refractivity contribution in [1.29, 1.82) is 0 Å². The maximum atomic E-state index is 12.6. The maximum Gasteiger partial charge on any atom is 0.255 e. The summed E-state index contributed by atoms with van der Waals surface area (Å²) in [5, 5.41) is 10.8. The molecular formula is C15H26N2O2S. The lowest BCUT2D eigenvalue weighted by atomic mass is 9.83. The number of amides is 1. The number of piperidine rings is 1. The number of hydrogen-bond acceptors (Lipinski definition) is 4. The van der Waals surface area contributed by atoms with E-state index in [-0.39, 0.29) is 5.91 Å². The molecule has 0 aromatic rings. The fraction of sp³-hybridized carbons (Fsp3) is 0.933. The Morgan fingerprint density at radius 3 is 2.60 bits per heavy atom. The summed E-state index contributed by atoms with van der Waals surface area (Å²) < 4.78 is 0. The van der Waals surface area contributed by atoms with Gasteiger partial charge in [0.25, 0.3) is 5.91 Å². The van der Waals surface area contributed by atoms with Gasteiger partial charge in [0.05, 0.1) is 0 Å². The summed E-state index contributed by atoms with van der Waals surface area (Å²) in [4.78, 5) is 16.8. The summed E-state index contributed by atoms with van der Waals surface area (Å²) in [7, 11) is 0. The zero-order valence-corrected chi connectivity index (χ0v) is 13.0. The van der Waals surface area contributed by atoms with E-state index in [0.29, 0.717) is 18.9 Å². The summed E-state index contributed by atoms with van der Waals surface area (Å²) in [6, 6.07) is 0. The molecule has 2 heterocycles. The zero-order valence-electron chi connectivity index (χ0n) is 12.2. The van der Waals surface area contributed by atoms with Crippen molar-refractivity contribution in [3.63, 3.8) is 0 Å². The monoisotopic (exact) mass is 298 g/mol. The van der Waals surface area contributed by atoms with Crippen LogP contribution in [0.2, 0.25) is 0 Å². The SMILES string of the molecule is O=C1N(CC2CCC2)CCC[C@@]1(O)CN1CCSCC1. The second-order valence-corrected chi connectivity index (χ2v) is 7.80. The minimum Gasteiger partial charge on any atom is -0.379 e. The highest BCUT2D eigenvalue weighted by Crippen LogP contribution is 2.31. The lowest BCUT2D eigenvalue weighted by Crippen LogP contribution is -2.60. The van der Waals surface area contributed by atoms with Crippen LogP contribution in [0.5, 0.6) is 0 Å². The van der Waals surface area contributed by atoms with Crippen molar-refractivity contribution in [1.82, 2.24) is 9.80 Å². The molecule has 0 spiro atoms. The summed E-state index contributed by atoms with van der Waals surface area (Å²) in [6.45, 7) is 4.25. The summed E-state index contributed by atoms with van der Waals surface area (Å²) >= 11 is 1.96. The summed E-state index contributed by atoms with van der Waals surface area (Å²) in [6.07, 6.45) is 5.40. The Labute approximate surface area is 125 Å². The van der Waals surface area contributed by atoms with Crippen LogP contribution in [0.15, 0.2) is 0 Å². The molecule has 114 valence electrons. The highest BCUT2D eigenvalue weighted by molar-refractivity contribution is 7.99. The third-order valence-electron chi connectivity index (χ3n) is 5.00. The quantitative estimate of drug-likeness (QED) is 0.847. The van der Waals surface area contributed by atoms with E-state index in [0.717, 1.165) is 44.1 Å². The van der Waals surface area contributed by atoms with Crippen LogP contribution in [0, 0.1) is 5.92 Å². The van der Waals surface area contributed by atoms with E-state index in [1.165, 1.54) is 19.3 Å². The van der Waals surface area contributed by atoms with Crippen molar-refractivity contribution < 1.29 is 9.90 Å². The average molecular weight is 298 g/mol. The number of carbonyl (C=O) groups excluding carboxylic acids is 1. The van der Waals surface area contributed by atoms with Gasteiger partial charge in [0.2, 0.25) is 0 Å². The minimum absolute atomic E-state index is 0.00567. The summed E-state index contributed by atoms with van der Waals surface area (Å²) in [5.41, 5.74) is -1.12. The highest BCUT2D eigenvalue weighted by atomic mass is 32.2. The van der Waals surface area contributed by atoms with Gasteiger partial charge in [-0.2, -0.15) is 11.8 Å². The second kappa shape index (κ2) is 6.24. The van der Waals surface area contributed by atoms with Gasteiger partial charge in [0, 0.05) is 44.2 Å². The van der Waals surface area contributed by atoms with Crippen LogP contribution in [0.1, 0.15) is 32.1 Å². The molecule has 1 atom stereocenters. The molecule has 0 radical (unpaired) electrons. The van der Waals surface area contributed by atoms with Crippen LogP contribution in [-0.2, 0) is 4.79 Å². The fourth-order valence-corrected chi connectivity index (χ4v) is 4.48. The van der Waals surface area contributed by atoms with E-state index < -0.39 is 5.60 Å². The molecule has 1 saturated carbocycles. The normalized spacial score (nSPS) is 33.2. The van der Waals surface area contributed by atoms with Crippen LogP contribution in [0.3, 0.4) is 0 Å². The number of likely N-dealkylation sites (tertiary alicyclic amines) is 1. The standard InChI is InChI=1S/C15H26N2O2S/c18-14-15(19,12-16-7-9-20-10-8-16)5-2-6-17(14)11-13-3-1-4-13/h13,19H,1-12H2/t15-/m1/s1. The molecule has 4 nitrogen and oxygen atoms in total. The van der Waals surface area contributed by atoms with Crippen molar-refractivity contribution in [3.8, 4) is 0 Å². The zero-order chi connectivity index (χ0) is 14.0. The predicted octanol–water partition coefficient (Wildman–Crippen LogP) is 1.19. The molecular weight excluding hydrogens is 272 g/mol. The van der Waals surface area contributed by atoms with Crippen molar-refractivity contribution in [2.45, 2.75) is 37.7 Å². The molecule has 2 aliphatic heterocycles. The first-order chi connectivity index (χ1) is 9.67. The van der Waals surface area contributed by atoms with Crippen LogP contribution >= 0.6 is 11.8 Å². The maximum absolute atomic E-state index is 12.6. The molecule has 1 N–H and O–H groups in total. The van der Waals surface area contributed by atoms with Gasteiger partial charge in [-0.25, -0.2) is 0 Å². The molecule has 3 fully saturated rings. The van der Waals surface area contributed by atoms with Crippen LogP contribution < -0.4 is 0 Å². The molecule has 0 aromatic carbocycles. The Morgan fingerprint density at radius 2 is 1.95 bits per heavy atom. The number of carbonyl (C=O) groups is 1. The molecule has 20 heavy (non-hydrogen) atoms. The predicted molar refractivity (Wildman–Crippen MR) is 81.9 cm³/mol. The van der Waals surface area contributed by atoms with Crippen LogP contribution in [0.25, 0.3) is 0 Å². The van der Waals surface area contributed by atoms with Crippen molar-refractivity contribution in [2.75, 3.05) is 44.2 Å². The van der Waals surface area contributed by atoms with Crippen molar-refractivity contribution in [2.24, 2.45) is 5.92 Å². The topological polar surface area (TPSA) is 43.8 Å². The number of aliphatic hydroxyl groups is 1. The average Bonchev–Trinajstić information content (AvgIpc) is 2.40. The van der Waals surface area contributed by atoms with Crippen molar-refractivity contribution >= 4 is 17.7 Å². The molecule has 0 bridgehead atoms. The van der Waals surface area contributed by atoms with Gasteiger partial charge in [-0.05, 0) is 31.6 Å². The van der Waals surface area contributed by atoms with E-state index in [2.05, 4.69) is 4.90 Å². The van der Waals surface area contributed by atoms with E-state index >= 15 is 0 Å². The van der Waals surface area contributed by atoms with Gasteiger partial charge in [-0.1, -0.05) is 6.42 Å². The lowest BCUT2D eigenvalue weighted by molar-refractivity contribution is -0.160. The van der Waals surface area contributed by atoms with E-state index in [1.807, 2.05) is 16.7 Å². The van der Waals surface area contributed by atoms with Gasteiger partial charge >= 0.3 is 0 Å². The molecule has 0 unspecified atom stereocenters. The molecule has 5 heteroatoms. The second-order valence-electron chi connectivity index (χ2n) is 6.57. The van der Waals surface area contributed by atoms with E-state index in [9.17, 15) is 9.90 Å². The largest absolute Gasteiger partial charge is 0.379 e. The summed E-state index contributed by atoms with van der Waals surface area (Å²) in [5.74, 6) is 2.92. The Hall–Kier alpha value is -0.260. The number of β-amino-alcohol motifs (C(OH)–C–C–N with tert-alkyl or cyclic N) is 1. The Balaban J connectivity index is 1.59. The molecule has 1 amide bonds. The molecule has 3 aliphatic rings.